The van der Waals surface area contributed by atoms with Gasteiger partial charge < -0.3 is 15.3 Å². The van der Waals surface area contributed by atoms with Crippen LogP contribution in [0, 0.1) is 11.8 Å². The van der Waals surface area contributed by atoms with E-state index in [9.17, 15) is 27.9 Å². The molecule has 4 N–H and O–H groups in total. The molecule has 0 aliphatic carbocycles. The molecule has 2 atom stereocenters. The van der Waals surface area contributed by atoms with E-state index in [0.29, 0.717) is 5.69 Å². The van der Waals surface area contributed by atoms with Gasteiger partial charge in [-0.05, 0) is 30.5 Å². The predicted molar refractivity (Wildman–Crippen MR) is 97.3 cm³/mol. The van der Waals surface area contributed by atoms with Gasteiger partial charge in [-0.1, -0.05) is 19.9 Å². The first-order valence-electron chi connectivity index (χ1n) is 8.45. The highest BCUT2D eigenvalue weighted by atomic mass is 32.2. The molecule has 2 unspecified atom stereocenters. The van der Waals surface area contributed by atoms with Crippen molar-refractivity contribution in [2.45, 2.75) is 37.6 Å². The number of hydrogen-bond donors (Lipinski definition) is 3. The van der Waals surface area contributed by atoms with Crippen LogP contribution in [0.25, 0.3) is 0 Å². The molecule has 0 spiro atoms. The molecule has 1 aliphatic heterocycles. The van der Waals surface area contributed by atoms with E-state index in [-0.39, 0.29) is 36.1 Å². The molecule has 1 fully saturated rings. The molecule has 0 aromatic heterocycles. The molecule has 27 heavy (non-hydrogen) atoms. The van der Waals surface area contributed by atoms with Gasteiger partial charge in [0.1, 0.15) is 6.04 Å². The second-order valence-electron chi connectivity index (χ2n) is 6.98. The molecule has 2 rings (SSSR count). The molecule has 2 amide bonds. The minimum atomic E-state index is -3.92. The Bertz CT molecular complexity index is 852. The fourth-order valence-corrected chi connectivity index (χ4v) is 3.50. The van der Waals surface area contributed by atoms with Crippen LogP contribution >= 0.6 is 0 Å². The number of primary sulfonamides is 1. The number of carboxylic acid groups (broad SMARTS) is 1. The molecule has 148 valence electrons. The van der Waals surface area contributed by atoms with Crippen LogP contribution in [0.4, 0.5) is 5.69 Å². The SMILES string of the molecule is CC(C)CC(NC(=O)C1CC(=O)N(c2cccc(S(N)(=O)=O)c2)C1)C(=O)O. The lowest BCUT2D eigenvalue weighted by Gasteiger charge is -2.20. The van der Waals surface area contributed by atoms with Gasteiger partial charge in [0.25, 0.3) is 0 Å². The van der Waals surface area contributed by atoms with Crippen LogP contribution in [0.3, 0.4) is 0 Å². The van der Waals surface area contributed by atoms with Gasteiger partial charge in [-0.25, -0.2) is 18.4 Å². The third-order valence-corrected chi connectivity index (χ3v) is 5.19. The number of hydrogen-bond acceptors (Lipinski definition) is 5. The summed E-state index contributed by atoms with van der Waals surface area (Å²) in [7, 11) is -3.92. The van der Waals surface area contributed by atoms with Crippen molar-refractivity contribution >= 4 is 33.5 Å². The minimum absolute atomic E-state index is 0.0345. The predicted octanol–water partition coefficient (Wildman–Crippen LogP) is 0.302. The number of aliphatic carboxylic acids is 1. The topological polar surface area (TPSA) is 147 Å². The lowest BCUT2D eigenvalue weighted by Crippen LogP contribution is -2.44. The maximum Gasteiger partial charge on any atom is 0.326 e. The maximum absolute atomic E-state index is 12.4. The van der Waals surface area contributed by atoms with Crippen LogP contribution in [0.1, 0.15) is 26.7 Å². The molecule has 0 saturated carbocycles. The van der Waals surface area contributed by atoms with Gasteiger partial charge in [-0.15, -0.1) is 0 Å². The largest absolute Gasteiger partial charge is 0.480 e. The van der Waals surface area contributed by atoms with Crippen molar-refractivity contribution in [3.8, 4) is 0 Å². The van der Waals surface area contributed by atoms with E-state index in [0.717, 1.165) is 0 Å². The van der Waals surface area contributed by atoms with Gasteiger partial charge in [0.2, 0.25) is 21.8 Å². The van der Waals surface area contributed by atoms with Crippen molar-refractivity contribution in [1.29, 1.82) is 0 Å². The summed E-state index contributed by atoms with van der Waals surface area (Å²) in [6.07, 6.45) is 0.196. The Balaban J connectivity index is 2.13. The van der Waals surface area contributed by atoms with E-state index in [4.69, 9.17) is 5.14 Å². The van der Waals surface area contributed by atoms with E-state index in [1.807, 2.05) is 13.8 Å². The number of carboxylic acids is 1. The van der Waals surface area contributed by atoms with Crippen LogP contribution in [0.2, 0.25) is 0 Å². The standard InChI is InChI=1S/C17H23N3O6S/c1-10(2)6-14(17(23)24)19-16(22)11-7-15(21)20(9-11)12-4-3-5-13(8-12)27(18,25)26/h3-5,8,10-11,14H,6-7,9H2,1-2H3,(H,19,22)(H,23,24)(H2,18,25,26). The zero-order valence-electron chi connectivity index (χ0n) is 15.1. The minimum Gasteiger partial charge on any atom is -0.480 e. The normalized spacial score (nSPS) is 18.6. The zero-order valence-corrected chi connectivity index (χ0v) is 15.9. The maximum atomic E-state index is 12.4. The second-order valence-corrected chi connectivity index (χ2v) is 8.54. The summed E-state index contributed by atoms with van der Waals surface area (Å²) in [6, 6.07) is 4.57. The summed E-state index contributed by atoms with van der Waals surface area (Å²) < 4.78 is 23.0. The molecule has 1 saturated heterocycles. The Morgan fingerprint density at radius 2 is 2.04 bits per heavy atom. The highest BCUT2D eigenvalue weighted by molar-refractivity contribution is 7.89. The van der Waals surface area contributed by atoms with Gasteiger partial charge in [-0.2, -0.15) is 0 Å². The number of carbonyl (C=O) groups is 3. The number of nitrogens with one attached hydrogen (secondary N) is 1. The average Bonchev–Trinajstić information content (AvgIpc) is 2.95. The van der Waals surface area contributed by atoms with Gasteiger partial charge in [0.15, 0.2) is 0 Å². The van der Waals surface area contributed by atoms with Crippen LogP contribution in [-0.4, -0.2) is 43.9 Å². The summed E-state index contributed by atoms with van der Waals surface area (Å²) >= 11 is 0. The third kappa shape index (κ3) is 5.27. The Labute approximate surface area is 157 Å². The van der Waals surface area contributed by atoms with Crippen molar-refractivity contribution < 1.29 is 27.9 Å². The smallest absolute Gasteiger partial charge is 0.326 e. The molecular weight excluding hydrogens is 374 g/mol. The van der Waals surface area contributed by atoms with Gasteiger partial charge in [-0.3, -0.25) is 9.59 Å². The molecule has 1 heterocycles. The monoisotopic (exact) mass is 397 g/mol. The molecule has 1 aromatic rings. The number of amides is 2. The average molecular weight is 397 g/mol. The quantitative estimate of drug-likeness (QED) is 0.603. The van der Waals surface area contributed by atoms with Crippen molar-refractivity contribution in [2.75, 3.05) is 11.4 Å². The first-order valence-corrected chi connectivity index (χ1v) is 10.00. The van der Waals surface area contributed by atoms with E-state index in [1.165, 1.54) is 23.1 Å². The summed E-state index contributed by atoms with van der Waals surface area (Å²) in [5.41, 5.74) is 0.318. The number of rotatable bonds is 7. The van der Waals surface area contributed by atoms with Gasteiger partial charge in [0, 0.05) is 18.7 Å². The number of nitrogens with two attached hydrogens (primary N) is 1. The summed E-state index contributed by atoms with van der Waals surface area (Å²) in [5.74, 6) is -2.63. The number of benzene rings is 1. The van der Waals surface area contributed by atoms with Gasteiger partial charge in [0.05, 0.1) is 10.8 Å². The Morgan fingerprint density at radius 3 is 2.59 bits per heavy atom. The lowest BCUT2D eigenvalue weighted by atomic mass is 10.0. The molecule has 0 radical (unpaired) electrons. The fourth-order valence-electron chi connectivity index (χ4n) is 2.94. The Kier molecular flexibility index (Phi) is 6.22. The van der Waals surface area contributed by atoms with Gasteiger partial charge >= 0.3 is 5.97 Å². The highest BCUT2D eigenvalue weighted by Crippen LogP contribution is 2.27. The molecule has 0 bridgehead atoms. The molecule has 10 heteroatoms. The van der Waals surface area contributed by atoms with Crippen molar-refractivity contribution in [2.24, 2.45) is 17.0 Å². The Hall–Kier alpha value is -2.46. The summed E-state index contributed by atoms with van der Waals surface area (Å²) in [6.45, 7) is 3.73. The first kappa shape index (κ1) is 20.8. The van der Waals surface area contributed by atoms with E-state index in [1.54, 1.807) is 6.07 Å². The molecular formula is C17H23N3O6S. The number of carbonyl (C=O) groups excluding carboxylic acids is 2. The summed E-state index contributed by atoms with van der Waals surface area (Å²) in [5, 5.41) is 16.8. The first-order chi connectivity index (χ1) is 12.5. The Morgan fingerprint density at radius 1 is 1.37 bits per heavy atom. The molecule has 1 aromatic carbocycles. The zero-order chi connectivity index (χ0) is 20.4. The number of nitrogens with zero attached hydrogens (tertiary/aromatic N) is 1. The van der Waals surface area contributed by atoms with E-state index < -0.39 is 33.9 Å². The van der Waals surface area contributed by atoms with Crippen molar-refractivity contribution in [1.82, 2.24) is 5.32 Å². The van der Waals surface area contributed by atoms with Crippen LogP contribution in [0.15, 0.2) is 29.2 Å². The van der Waals surface area contributed by atoms with Crippen LogP contribution in [-0.2, 0) is 24.4 Å². The second kappa shape index (κ2) is 8.05. The molecule has 1 aliphatic rings. The van der Waals surface area contributed by atoms with Crippen molar-refractivity contribution in [3.63, 3.8) is 0 Å². The van der Waals surface area contributed by atoms with Crippen LogP contribution < -0.4 is 15.4 Å². The fraction of sp³-hybridized carbons (Fsp3) is 0.471. The van der Waals surface area contributed by atoms with Crippen molar-refractivity contribution in [3.05, 3.63) is 24.3 Å². The highest BCUT2D eigenvalue weighted by Gasteiger charge is 2.36. The summed E-state index contributed by atoms with van der Waals surface area (Å²) in [4.78, 5) is 37.2. The molecule has 9 nitrogen and oxygen atoms in total. The van der Waals surface area contributed by atoms with E-state index in [2.05, 4.69) is 5.32 Å². The van der Waals surface area contributed by atoms with Crippen LogP contribution in [0.5, 0.6) is 0 Å². The number of sulfonamides is 1. The lowest BCUT2D eigenvalue weighted by molar-refractivity contribution is -0.142. The number of anilines is 1. The third-order valence-electron chi connectivity index (χ3n) is 4.28. The van der Waals surface area contributed by atoms with E-state index >= 15 is 0 Å².